The van der Waals surface area contributed by atoms with Crippen molar-refractivity contribution >= 4 is 38.9 Å². The third-order valence-corrected chi connectivity index (χ3v) is 3.36. The quantitative estimate of drug-likeness (QED) is 0.711. The molecule has 0 aliphatic rings. The fraction of sp³-hybridized carbons (Fsp3) is 0.500. The summed E-state index contributed by atoms with van der Waals surface area (Å²) < 4.78 is 0. The Hall–Kier alpha value is 0.470. The van der Waals surface area contributed by atoms with Gasteiger partial charge < -0.3 is 0 Å². The molecule has 0 aromatic carbocycles. The van der Waals surface area contributed by atoms with Crippen LogP contribution in [0.5, 0.6) is 0 Å². The van der Waals surface area contributed by atoms with Gasteiger partial charge in [0.2, 0.25) is 0 Å². The molecule has 0 saturated heterocycles. The maximum atomic E-state index is 5.92. The predicted molar refractivity (Wildman–Crippen MR) is 56.0 cm³/mol. The fourth-order valence-corrected chi connectivity index (χ4v) is 2.21. The molecule has 0 radical (unpaired) electrons. The highest BCUT2D eigenvalue weighted by Gasteiger charge is 2.02. The first-order valence-corrected chi connectivity index (χ1v) is 5.73. The molecule has 0 aliphatic carbocycles. The zero-order valence-electron chi connectivity index (χ0n) is 6.31. The van der Waals surface area contributed by atoms with Crippen molar-refractivity contribution in [3.8, 4) is 0 Å². The molecule has 62 valence electrons. The number of thiophene rings is 1. The van der Waals surface area contributed by atoms with Gasteiger partial charge in [-0.2, -0.15) is 0 Å². The minimum absolute atomic E-state index is 0.584. The van der Waals surface area contributed by atoms with E-state index >= 15 is 0 Å². The summed E-state index contributed by atoms with van der Waals surface area (Å²) in [5.41, 5.74) is 0. The van der Waals surface area contributed by atoms with Crippen molar-refractivity contribution in [2.24, 2.45) is 0 Å². The van der Waals surface area contributed by atoms with E-state index in [1.807, 2.05) is 11.4 Å². The van der Waals surface area contributed by atoms with Crippen LogP contribution in [0.3, 0.4) is 0 Å². The van der Waals surface area contributed by atoms with Gasteiger partial charge in [0.05, 0.1) is 5.02 Å². The van der Waals surface area contributed by atoms with Gasteiger partial charge in [-0.15, -0.1) is 11.3 Å². The van der Waals surface area contributed by atoms with Crippen LogP contribution in [-0.4, -0.2) is 4.83 Å². The van der Waals surface area contributed by atoms with E-state index in [2.05, 4.69) is 22.9 Å². The fourth-order valence-electron chi connectivity index (χ4n) is 0.833. The number of rotatable bonds is 3. The highest BCUT2D eigenvalue weighted by Crippen LogP contribution is 2.24. The maximum absolute atomic E-state index is 5.92. The van der Waals surface area contributed by atoms with E-state index in [-0.39, 0.29) is 0 Å². The molecule has 0 fully saturated rings. The van der Waals surface area contributed by atoms with Gasteiger partial charge in [0.25, 0.3) is 0 Å². The molecule has 11 heavy (non-hydrogen) atoms. The lowest BCUT2D eigenvalue weighted by Crippen LogP contribution is -1.91. The highest BCUT2D eigenvalue weighted by molar-refractivity contribution is 9.09. The van der Waals surface area contributed by atoms with Crippen molar-refractivity contribution in [3.05, 3.63) is 21.3 Å². The van der Waals surface area contributed by atoms with Crippen LogP contribution < -0.4 is 0 Å². The summed E-state index contributed by atoms with van der Waals surface area (Å²) >= 11 is 11.2. The largest absolute Gasteiger partial charge is 0.147 e. The van der Waals surface area contributed by atoms with Crippen molar-refractivity contribution < 1.29 is 0 Å². The molecule has 0 N–H and O–H groups in total. The Morgan fingerprint density at radius 1 is 1.73 bits per heavy atom. The standard InChI is InChI=1S/C8H10BrClS/c1-6(9)2-3-8-7(10)4-5-11-8/h4-6H,2-3H2,1H3. The zero-order valence-corrected chi connectivity index (χ0v) is 9.47. The van der Waals surface area contributed by atoms with Gasteiger partial charge in [-0.3, -0.25) is 0 Å². The van der Waals surface area contributed by atoms with Gasteiger partial charge in [0.15, 0.2) is 0 Å². The Morgan fingerprint density at radius 3 is 2.91 bits per heavy atom. The Bertz CT molecular complexity index is 220. The van der Waals surface area contributed by atoms with Crippen molar-refractivity contribution in [1.29, 1.82) is 0 Å². The van der Waals surface area contributed by atoms with Crippen molar-refractivity contribution in [2.45, 2.75) is 24.6 Å². The van der Waals surface area contributed by atoms with Gasteiger partial charge in [-0.05, 0) is 24.3 Å². The number of hydrogen-bond donors (Lipinski definition) is 0. The number of halogens is 2. The highest BCUT2D eigenvalue weighted by atomic mass is 79.9. The lowest BCUT2D eigenvalue weighted by Gasteiger charge is -2.00. The predicted octanol–water partition coefficient (Wildman–Crippen LogP) is 4.12. The SMILES string of the molecule is CC(Br)CCc1sccc1Cl. The van der Waals surface area contributed by atoms with Gasteiger partial charge in [0, 0.05) is 9.70 Å². The lowest BCUT2D eigenvalue weighted by atomic mass is 10.2. The van der Waals surface area contributed by atoms with Crippen molar-refractivity contribution in [2.75, 3.05) is 0 Å². The molecular weight excluding hydrogens is 244 g/mol. The van der Waals surface area contributed by atoms with Crippen LogP contribution >= 0.6 is 38.9 Å². The summed E-state index contributed by atoms with van der Waals surface area (Å²) in [7, 11) is 0. The van der Waals surface area contributed by atoms with Gasteiger partial charge in [-0.25, -0.2) is 0 Å². The topological polar surface area (TPSA) is 0 Å². The van der Waals surface area contributed by atoms with Crippen LogP contribution in [0.15, 0.2) is 11.4 Å². The Balaban J connectivity index is 2.44. The van der Waals surface area contributed by atoms with E-state index in [1.54, 1.807) is 11.3 Å². The lowest BCUT2D eigenvalue weighted by molar-refractivity contribution is 0.832. The van der Waals surface area contributed by atoms with Crippen LogP contribution in [0.4, 0.5) is 0 Å². The molecule has 1 aromatic rings. The molecule has 1 atom stereocenters. The molecule has 1 unspecified atom stereocenters. The molecule has 0 saturated carbocycles. The smallest absolute Gasteiger partial charge is 0.0544 e. The summed E-state index contributed by atoms with van der Waals surface area (Å²) in [6.45, 7) is 2.15. The second kappa shape index (κ2) is 4.48. The molecule has 0 aliphatic heterocycles. The molecule has 0 amide bonds. The molecule has 0 nitrogen and oxygen atoms in total. The monoisotopic (exact) mass is 252 g/mol. The third-order valence-electron chi connectivity index (χ3n) is 1.46. The normalized spacial score (nSPS) is 13.4. The number of hydrogen-bond acceptors (Lipinski definition) is 1. The van der Waals surface area contributed by atoms with Gasteiger partial charge in [-0.1, -0.05) is 34.5 Å². The molecule has 1 rings (SSSR count). The van der Waals surface area contributed by atoms with E-state index < -0.39 is 0 Å². The van der Waals surface area contributed by atoms with E-state index in [0.29, 0.717) is 4.83 Å². The van der Waals surface area contributed by atoms with Crippen LogP contribution in [0.25, 0.3) is 0 Å². The third kappa shape index (κ3) is 3.14. The maximum Gasteiger partial charge on any atom is 0.0544 e. The first-order chi connectivity index (χ1) is 5.20. The van der Waals surface area contributed by atoms with Crippen LogP contribution in [0, 0.1) is 0 Å². The summed E-state index contributed by atoms with van der Waals surface area (Å²) in [5, 5.41) is 2.96. The first-order valence-electron chi connectivity index (χ1n) is 3.56. The zero-order chi connectivity index (χ0) is 8.27. The average molecular weight is 254 g/mol. The second-order valence-corrected chi connectivity index (χ2v) is 5.48. The van der Waals surface area contributed by atoms with Crippen LogP contribution in [-0.2, 0) is 6.42 Å². The second-order valence-electron chi connectivity index (χ2n) is 2.51. The molecule has 1 heterocycles. The molecule has 0 bridgehead atoms. The summed E-state index contributed by atoms with van der Waals surface area (Å²) in [6.07, 6.45) is 2.24. The van der Waals surface area contributed by atoms with E-state index in [4.69, 9.17) is 11.6 Å². The van der Waals surface area contributed by atoms with E-state index in [0.717, 1.165) is 17.9 Å². The Labute approximate surface area is 84.7 Å². The van der Waals surface area contributed by atoms with Crippen molar-refractivity contribution in [3.63, 3.8) is 0 Å². The minimum atomic E-state index is 0.584. The average Bonchev–Trinajstić information content (AvgIpc) is 2.31. The minimum Gasteiger partial charge on any atom is -0.147 e. The van der Waals surface area contributed by atoms with Gasteiger partial charge in [0.1, 0.15) is 0 Å². The number of aryl methyl sites for hydroxylation is 1. The van der Waals surface area contributed by atoms with E-state index in [9.17, 15) is 0 Å². The van der Waals surface area contributed by atoms with Crippen LogP contribution in [0.1, 0.15) is 18.2 Å². The Kier molecular flexibility index (Phi) is 3.90. The summed E-state index contributed by atoms with van der Waals surface area (Å²) in [4.78, 5) is 1.89. The van der Waals surface area contributed by atoms with Gasteiger partial charge >= 0.3 is 0 Å². The molecule has 3 heteroatoms. The first kappa shape index (κ1) is 9.56. The molecule has 0 spiro atoms. The summed E-state index contributed by atoms with van der Waals surface area (Å²) in [6, 6.07) is 1.96. The number of alkyl halides is 1. The van der Waals surface area contributed by atoms with E-state index in [1.165, 1.54) is 4.88 Å². The van der Waals surface area contributed by atoms with Crippen LogP contribution in [0.2, 0.25) is 5.02 Å². The molecule has 1 aromatic heterocycles. The Morgan fingerprint density at radius 2 is 2.45 bits per heavy atom. The summed E-state index contributed by atoms with van der Waals surface area (Å²) in [5.74, 6) is 0. The molecular formula is C8H10BrClS. The van der Waals surface area contributed by atoms with Crippen molar-refractivity contribution in [1.82, 2.24) is 0 Å².